The number of sulfone groups is 1. The molecule has 1 saturated heterocycles. The molecular formula is C14H17ClFNO3S. The monoisotopic (exact) mass is 333 g/mol. The molecular weight excluding hydrogens is 317 g/mol. The second-order valence-electron chi connectivity index (χ2n) is 5.30. The van der Waals surface area contributed by atoms with Crippen molar-refractivity contribution >= 4 is 27.3 Å². The van der Waals surface area contributed by atoms with E-state index in [-0.39, 0.29) is 16.5 Å². The number of carbonyl (C=O) groups excluding carboxylic acids is 1. The molecule has 0 aliphatic carbocycles. The van der Waals surface area contributed by atoms with Crippen molar-refractivity contribution in [3.8, 4) is 0 Å². The molecule has 1 aliphatic rings. The summed E-state index contributed by atoms with van der Waals surface area (Å²) in [5.41, 5.74) is 0.246. The van der Waals surface area contributed by atoms with Crippen molar-refractivity contribution in [2.24, 2.45) is 0 Å². The summed E-state index contributed by atoms with van der Waals surface area (Å²) in [5.74, 6) is -0.779. The van der Waals surface area contributed by atoms with Crippen molar-refractivity contribution in [1.29, 1.82) is 0 Å². The number of nitrogens with zero attached hydrogens (tertiary/aromatic N) is 1. The molecule has 1 unspecified atom stereocenters. The van der Waals surface area contributed by atoms with Crippen LogP contribution in [0.5, 0.6) is 0 Å². The minimum Gasteiger partial charge on any atom is -0.339 e. The van der Waals surface area contributed by atoms with Crippen LogP contribution in [0.1, 0.15) is 29.6 Å². The number of carbonyl (C=O) groups is 1. The summed E-state index contributed by atoms with van der Waals surface area (Å²) < 4.78 is 36.2. The van der Waals surface area contributed by atoms with Gasteiger partial charge in [0.2, 0.25) is 0 Å². The smallest absolute Gasteiger partial charge is 0.255 e. The van der Waals surface area contributed by atoms with Crippen molar-refractivity contribution in [1.82, 2.24) is 4.90 Å². The maximum atomic E-state index is 13.0. The zero-order valence-electron chi connectivity index (χ0n) is 11.7. The summed E-state index contributed by atoms with van der Waals surface area (Å²) in [4.78, 5) is 14.0. The standard InChI is InChI=1S/C14H17ClFNO3S/c1-21(19,20)11-3-2-7-17(8-6-11)14(18)12-5-4-10(16)9-13(12)15/h4-5,9,11H,2-3,6-8H2,1H3. The first kappa shape index (κ1) is 16.2. The predicted molar refractivity (Wildman–Crippen MR) is 79.8 cm³/mol. The lowest BCUT2D eigenvalue weighted by Crippen LogP contribution is -2.32. The lowest BCUT2D eigenvalue weighted by atomic mass is 10.2. The normalized spacial score (nSPS) is 20.1. The second-order valence-corrected chi connectivity index (χ2v) is 8.03. The molecule has 0 radical (unpaired) electrons. The largest absolute Gasteiger partial charge is 0.339 e. The fourth-order valence-corrected chi connectivity index (χ4v) is 3.91. The SMILES string of the molecule is CS(=O)(=O)C1CCCN(C(=O)c2ccc(F)cc2Cl)CC1. The van der Waals surface area contributed by atoms with Crippen molar-refractivity contribution < 1.29 is 17.6 Å². The van der Waals surface area contributed by atoms with Gasteiger partial charge in [0.05, 0.1) is 15.8 Å². The van der Waals surface area contributed by atoms with E-state index >= 15 is 0 Å². The first-order chi connectivity index (χ1) is 9.79. The van der Waals surface area contributed by atoms with Crippen LogP contribution in [-0.2, 0) is 9.84 Å². The molecule has 0 N–H and O–H groups in total. The summed E-state index contributed by atoms with van der Waals surface area (Å²) in [6.07, 6.45) is 2.83. The van der Waals surface area contributed by atoms with E-state index in [1.54, 1.807) is 4.90 Å². The molecule has 4 nitrogen and oxygen atoms in total. The van der Waals surface area contributed by atoms with E-state index in [4.69, 9.17) is 11.6 Å². The average Bonchev–Trinajstić information content (AvgIpc) is 2.63. The van der Waals surface area contributed by atoms with Gasteiger partial charge in [-0.15, -0.1) is 0 Å². The number of hydrogen-bond acceptors (Lipinski definition) is 3. The van der Waals surface area contributed by atoms with Gasteiger partial charge in [-0.1, -0.05) is 11.6 Å². The van der Waals surface area contributed by atoms with E-state index in [2.05, 4.69) is 0 Å². The highest BCUT2D eigenvalue weighted by molar-refractivity contribution is 7.91. The zero-order valence-corrected chi connectivity index (χ0v) is 13.3. The summed E-state index contributed by atoms with van der Waals surface area (Å²) in [6, 6.07) is 3.65. The molecule has 1 amide bonds. The average molecular weight is 334 g/mol. The van der Waals surface area contributed by atoms with Crippen molar-refractivity contribution in [2.75, 3.05) is 19.3 Å². The highest BCUT2D eigenvalue weighted by atomic mass is 35.5. The van der Waals surface area contributed by atoms with E-state index in [9.17, 15) is 17.6 Å². The Morgan fingerprint density at radius 2 is 2.05 bits per heavy atom. The third-order valence-electron chi connectivity index (χ3n) is 3.73. The Hall–Kier alpha value is -1.14. The predicted octanol–water partition coefficient (Wildman–Crippen LogP) is 2.52. The van der Waals surface area contributed by atoms with Gasteiger partial charge < -0.3 is 4.90 Å². The Balaban J connectivity index is 2.13. The van der Waals surface area contributed by atoms with Crippen LogP contribution >= 0.6 is 11.6 Å². The molecule has 2 rings (SSSR count). The van der Waals surface area contributed by atoms with Gasteiger partial charge in [-0.25, -0.2) is 12.8 Å². The van der Waals surface area contributed by atoms with Crippen LogP contribution in [0.25, 0.3) is 0 Å². The molecule has 1 aromatic carbocycles. The Labute approximate surface area is 128 Å². The molecule has 0 spiro atoms. The van der Waals surface area contributed by atoms with Crippen LogP contribution in [0.4, 0.5) is 4.39 Å². The van der Waals surface area contributed by atoms with Gasteiger partial charge in [-0.3, -0.25) is 4.79 Å². The number of likely N-dealkylation sites (tertiary alicyclic amines) is 1. The van der Waals surface area contributed by atoms with Crippen LogP contribution < -0.4 is 0 Å². The number of amides is 1. The first-order valence-corrected chi connectivity index (χ1v) is 9.05. The van der Waals surface area contributed by atoms with E-state index in [1.807, 2.05) is 0 Å². The molecule has 1 heterocycles. The molecule has 21 heavy (non-hydrogen) atoms. The lowest BCUT2D eigenvalue weighted by Gasteiger charge is -2.21. The van der Waals surface area contributed by atoms with E-state index in [0.29, 0.717) is 32.4 Å². The summed E-state index contributed by atoms with van der Waals surface area (Å²) >= 11 is 5.90. The third-order valence-corrected chi connectivity index (χ3v) is 5.72. The quantitative estimate of drug-likeness (QED) is 0.835. The fourth-order valence-electron chi connectivity index (χ4n) is 2.53. The van der Waals surface area contributed by atoms with Crippen LogP contribution in [0.3, 0.4) is 0 Å². The summed E-state index contributed by atoms with van der Waals surface area (Å²) in [5, 5.41) is -0.331. The van der Waals surface area contributed by atoms with Gasteiger partial charge in [0.25, 0.3) is 5.91 Å². The number of halogens is 2. The molecule has 0 saturated carbocycles. The van der Waals surface area contributed by atoms with Crippen molar-refractivity contribution in [3.63, 3.8) is 0 Å². The number of rotatable bonds is 2. The third kappa shape index (κ3) is 3.95. The van der Waals surface area contributed by atoms with Crippen LogP contribution in [-0.4, -0.2) is 43.8 Å². The van der Waals surface area contributed by atoms with Crippen molar-refractivity contribution in [3.05, 3.63) is 34.6 Å². The molecule has 1 aromatic rings. The van der Waals surface area contributed by atoms with Gasteiger partial charge in [-0.05, 0) is 37.5 Å². The van der Waals surface area contributed by atoms with Gasteiger partial charge in [0.15, 0.2) is 0 Å². The molecule has 116 valence electrons. The minimum absolute atomic E-state index is 0.0731. The van der Waals surface area contributed by atoms with Crippen molar-refractivity contribution in [2.45, 2.75) is 24.5 Å². The van der Waals surface area contributed by atoms with Crippen LogP contribution in [0.2, 0.25) is 5.02 Å². The van der Waals surface area contributed by atoms with Gasteiger partial charge in [0, 0.05) is 19.3 Å². The molecule has 0 bridgehead atoms. The molecule has 1 atom stereocenters. The molecule has 1 aliphatic heterocycles. The van der Waals surface area contributed by atoms with Gasteiger partial charge in [0.1, 0.15) is 15.7 Å². The molecule has 1 fully saturated rings. The minimum atomic E-state index is -3.09. The van der Waals surface area contributed by atoms with Crippen LogP contribution in [0.15, 0.2) is 18.2 Å². The highest BCUT2D eigenvalue weighted by Gasteiger charge is 2.27. The van der Waals surface area contributed by atoms with E-state index < -0.39 is 20.9 Å². The lowest BCUT2D eigenvalue weighted by molar-refractivity contribution is 0.0762. The summed E-state index contributed by atoms with van der Waals surface area (Å²) in [7, 11) is -3.09. The van der Waals surface area contributed by atoms with Gasteiger partial charge >= 0.3 is 0 Å². The Morgan fingerprint density at radius 1 is 1.33 bits per heavy atom. The topological polar surface area (TPSA) is 54.5 Å². The molecule has 0 aromatic heterocycles. The summed E-state index contributed by atoms with van der Waals surface area (Å²) in [6.45, 7) is 0.850. The number of hydrogen-bond donors (Lipinski definition) is 0. The number of benzene rings is 1. The fraction of sp³-hybridized carbons (Fsp3) is 0.500. The maximum absolute atomic E-state index is 13.0. The second kappa shape index (κ2) is 6.32. The Bertz CT molecular complexity index is 648. The highest BCUT2D eigenvalue weighted by Crippen LogP contribution is 2.22. The van der Waals surface area contributed by atoms with Gasteiger partial charge in [-0.2, -0.15) is 0 Å². The Kier molecular flexibility index (Phi) is 4.88. The molecule has 7 heteroatoms. The van der Waals surface area contributed by atoms with E-state index in [1.165, 1.54) is 18.4 Å². The van der Waals surface area contributed by atoms with Crippen LogP contribution in [0, 0.1) is 5.82 Å². The maximum Gasteiger partial charge on any atom is 0.255 e. The Morgan fingerprint density at radius 3 is 2.67 bits per heavy atom. The first-order valence-electron chi connectivity index (χ1n) is 6.72. The van der Waals surface area contributed by atoms with E-state index in [0.717, 1.165) is 6.07 Å². The zero-order chi connectivity index (χ0) is 15.6.